The van der Waals surface area contributed by atoms with E-state index in [4.69, 9.17) is 4.74 Å². The standard InChI is InChI=1S/C13H16FNO2/c1-9-8-12(9)13(16)15-6-7-17-11-4-2-10(14)3-5-11/h2-5,9,12H,6-8H2,1H3,(H,15,16). The third-order valence-corrected chi connectivity index (χ3v) is 2.93. The SMILES string of the molecule is CC1CC1C(=O)NCCOc1ccc(F)cc1. The molecule has 2 rings (SSSR count). The fourth-order valence-corrected chi connectivity index (χ4v) is 1.69. The van der Waals surface area contributed by atoms with Gasteiger partial charge in [0.25, 0.3) is 0 Å². The molecule has 1 N–H and O–H groups in total. The minimum absolute atomic E-state index is 0.111. The maximum Gasteiger partial charge on any atom is 0.223 e. The lowest BCUT2D eigenvalue weighted by molar-refractivity contribution is -0.122. The van der Waals surface area contributed by atoms with E-state index in [1.54, 1.807) is 12.1 Å². The fourth-order valence-electron chi connectivity index (χ4n) is 1.69. The molecule has 2 atom stereocenters. The molecule has 0 spiro atoms. The number of carbonyl (C=O) groups is 1. The summed E-state index contributed by atoms with van der Waals surface area (Å²) in [5, 5.41) is 2.82. The van der Waals surface area contributed by atoms with Crippen molar-refractivity contribution in [2.75, 3.05) is 13.2 Å². The average molecular weight is 237 g/mol. The minimum atomic E-state index is -0.284. The number of halogens is 1. The maximum absolute atomic E-state index is 12.6. The highest BCUT2D eigenvalue weighted by Crippen LogP contribution is 2.37. The Morgan fingerprint density at radius 1 is 1.47 bits per heavy atom. The Bertz CT molecular complexity index is 391. The van der Waals surface area contributed by atoms with Crippen molar-refractivity contribution in [1.82, 2.24) is 5.32 Å². The fraction of sp³-hybridized carbons (Fsp3) is 0.462. The van der Waals surface area contributed by atoms with Crippen LogP contribution in [0.15, 0.2) is 24.3 Å². The van der Waals surface area contributed by atoms with Crippen LogP contribution < -0.4 is 10.1 Å². The molecule has 1 aliphatic carbocycles. The van der Waals surface area contributed by atoms with Crippen LogP contribution in [0.4, 0.5) is 4.39 Å². The number of carbonyl (C=O) groups excluding carboxylic acids is 1. The highest BCUT2D eigenvalue weighted by atomic mass is 19.1. The van der Waals surface area contributed by atoms with Crippen molar-refractivity contribution in [3.63, 3.8) is 0 Å². The molecule has 17 heavy (non-hydrogen) atoms. The van der Waals surface area contributed by atoms with Crippen LogP contribution in [0.1, 0.15) is 13.3 Å². The molecular weight excluding hydrogens is 221 g/mol. The molecule has 1 amide bonds. The van der Waals surface area contributed by atoms with Gasteiger partial charge in [0, 0.05) is 5.92 Å². The van der Waals surface area contributed by atoms with E-state index < -0.39 is 0 Å². The third-order valence-electron chi connectivity index (χ3n) is 2.93. The Morgan fingerprint density at radius 2 is 2.12 bits per heavy atom. The molecule has 0 aromatic heterocycles. The van der Waals surface area contributed by atoms with Crippen molar-refractivity contribution < 1.29 is 13.9 Å². The van der Waals surface area contributed by atoms with E-state index in [0.29, 0.717) is 24.8 Å². The van der Waals surface area contributed by atoms with Crippen LogP contribution in [0.2, 0.25) is 0 Å². The quantitative estimate of drug-likeness (QED) is 0.795. The van der Waals surface area contributed by atoms with E-state index in [1.165, 1.54) is 12.1 Å². The molecule has 0 aliphatic heterocycles. The van der Waals surface area contributed by atoms with E-state index in [9.17, 15) is 9.18 Å². The van der Waals surface area contributed by atoms with Gasteiger partial charge in [-0.3, -0.25) is 4.79 Å². The lowest BCUT2D eigenvalue weighted by atomic mass is 10.3. The summed E-state index contributed by atoms with van der Waals surface area (Å²) in [5.74, 6) is 1.16. The van der Waals surface area contributed by atoms with Crippen LogP contribution in [-0.4, -0.2) is 19.1 Å². The van der Waals surface area contributed by atoms with Gasteiger partial charge in [-0.2, -0.15) is 0 Å². The summed E-state index contributed by atoms with van der Waals surface area (Å²) in [5.41, 5.74) is 0. The molecule has 92 valence electrons. The largest absolute Gasteiger partial charge is 0.492 e. The van der Waals surface area contributed by atoms with Gasteiger partial charge < -0.3 is 10.1 Å². The van der Waals surface area contributed by atoms with Crippen LogP contribution in [0.5, 0.6) is 5.75 Å². The van der Waals surface area contributed by atoms with E-state index in [1.807, 2.05) is 0 Å². The summed E-state index contributed by atoms with van der Waals surface area (Å²) >= 11 is 0. The van der Waals surface area contributed by atoms with Gasteiger partial charge in [-0.15, -0.1) is 0 Å². The molecule has 2 unspecified atom stereocenters. The molecule has 0 heterocycles. The van der Waals surface area contributed by atoms with Crippen LogP contribution in [-0.2, 0) is 4.79 Å². The second-order valence-corrected chi connectivity index (χ2v) is 4.41. The van der Waals surface area contributed by atoms with E-state index in [2.05, 4.69) is 12.2 Å². The highest BCUT2D eigenvalue weighted by Gasteiger charge is 2.38. The van der Waals surface area contributed by atoms with E-state index in [0.717, 1.165) is 6.42 Å². The summed E-state index contributed by atoms with van der Waals surface area (Å²) in [7, 11) is 0. The van der Waals surface area contributed by atoms with Crippen molar-refractivity contribution in [1.29, 1.82) is 0 Å². The van der Waals surface area contributed by atoms with Gasteiger partial charge in [-0.1, -0.05) is 6.92 Å². The molecular formula is C13H16FNO2. The van der Waals surface area contributed by atoms with Gasteiger partial charge in [0.1, 0.15) is 18.2 Å². The van der Waals surface area contributed by atoms with Crippen LogP contribution in [0.3, 0.4) is 0 Å². The summed E-state index contributed by atoms with van der Waals surface area (Å²) < 4.78 is 18.0. The van der Waals surface area contributed by atoms with Crippen molar-refractivity contribution in [2.24, 2.45) is 11.8 Å². The van der Waals surface area contributed by atoms with E-state index >= 15 is 0 Å². The molecule has 0 saturated heterocycles. The number of benzene rings is 1. The molecule has 0 radical (unpaired) electrons. The lowest BCUT2D eigenvalue weighted by Gasteiger charge is -2.07. The second kappa shape index (κ2) is 5.17. The topological polar surface area (TPSA) is 38.3 Å². The Labute approximate surface area is 100.0 Å². The zero-order valence-electron chi connectivity index (χ0n) is 9.78. The third kappa shape index (κ3) is 3.44. The second-order valence-electron chi connectivity index (χ2n) is 4.41. The minimum Gasteiger partial charge on any atom is -0.492 e. The van der Waals surface area contributed by atoms with Gasteiger partial charge in [0.15, 0.2) is 0 Å². The molecule has 1 aromatic carbocycles. The Balaban J connectivity index is 1.63. The molecule has 1 saturated carbocycles. The number of amides is 1. The van der Waals surface area contributed by atoms with Crippen LogP contribution in [0.25, 0.3) is 0 Å². The van der Waals surface area contributed by atoms with Gasteiger partial charge in [0.05, 0.1) is 6.54 Å². The molecule has 0 bridgehead atoms. The number of nitrogens with one attached hydrogen (secondary N) is 1. The Morgan fingerprint density at radius 3 is 2.71 bits per heavy atom. The first-order valence-electron chi connectivity index (χ1n) is 5.83. The molecule has 4 heteroatoms. The summed E-state index contributed by atoms with van der Waals surface area (Å²) in [4.78, 5) is 11.5. The van der Waals surface area contributed by atoms with Crippen LogP contribution >= 0.6 is 0 Å². The number of ether oxygens (including phenoxy) is 1. The summed E-state index contributed by atoms with van der Waals surface area (Å²) in [6, 6.07) is 5.83. The maximum atomic E-state index is 12.6. The van der Waals surface area contributed by atoms with Crippen molar-refractivity contribution in [2.45, 2.75) is 13.3 Å². The number of hydrogen-bond donors (Lipinski definition) is 1. The van der Waals surface area contributed by atoms with Crippen molar-refractivity contribution >= 4 is 5.91 Å². The molecule has 3 nitrogen and oxygen atoms in total. The normalized spacial score (nSPS) is 22.0. The summed E-state index contributed by atoms with van der Waals surface area (Å²) in [6.07, 6.45) is 0.991. The first-order valence-corrected chi connectivity index (χ1v) is 5.83. The monoisotopic (exact) mass is 237 g/mol. The summed E-state index contributed by atoms with van der Waals surface area (Å²) in [6.45, 7) is 2.96. The first kappa shape index (κ1) is 11.9. The highest BCUT2D eigenvalue weighted by molar-refractivity contribution is 5.81. The molecule has 1 aromatic rings. The van der Waals surface area contributed by atoms with Crippen molar-refractivity contribution in [3.05, 3.63) is 30.1 Å². The Kier molecular flexibility index (Phi) is 3.61. The average Bonchev–Trinajstić information content (AvgIpc) is 3.04. The first-order chi connectivity index (χ1) is 8.16. The smallest absolute Gasteiger partial charge is 0.223 e. The lowest BCUT2D eigenvalue weighted by Crippen LogP contribution is -2.29. The number of hydrogen-bond acceptors (Lipinski definition) is 2. The predicted octanol–water partition coefficient (Wildman–Crippen LogP) is 1.98. The molecule has 1 fully saturated rings. The van der Waals surface area contributed by atoms with Gasteiger partial charge in [-0.05, 0) is 36.6 Å². The number of rotatable bonds is 5. The van der Waals surface area contributed by atoms with Gasteiger partial charge in [0.2, 0.25) is 5.91 Å². The molecule has 1 aliphatic rings. The van der Waals surface area contributed by atoms with Crippen molar-refractivity contribution in [3.8, 4) is 5.75 Å². The van der Waals surface area contributed by atoms with E-state index in [-0.39, 0.29) is 17.6 Å². The van der Waals surface area contributed by atoms with Crippen LogP contribution in [0, 0.1) is 17.7 Å². The van der Waals surface area contributed by atoms with Gasteiger partial charge >= 0.3 is 0 Å². The zero-order chi connectivity index (χ0) is 12.3. The van der Waals surface area contributed by atoms with Gasteiger partial charge in [-0.25, -0.2) is 4.39 Å². The zero-order valence-corrected chi connectivity index (χ0v) is 9.78. The Hall–Kier alpha value is -1.58. The predicted molar refractivity (Wildman–Crippen MR) is 62.2 cm³/mol.